The van der Waals surface area contributed by atoms with E-state index in [1.165, 1.54) is 32.1 Å². The Morgan fingerprint density at radius 1 is 0.741 bits per heavy atom. The molecule has 0 aliphatic carbocycles. The third kappa shape index (κ3) is 7.39. The lowest BCUT2D eigenvalue weighted by molar-refractivity contribution is -0.384. The molecule has 5 nitrogen and oxygen atoms in total. The third-order valence-electron chi connectivity index (χ3n) is 4.73. The van der Waals surface area contributed by atoms with Gasteiger partial charge in [-0.3, -0.25) is 10.1 Å². The van der Waals surface area contributed by atoms with Gasteiger partial charge in [0, 0.05) is 36.7 Å². The van der Waals surface area contributed by atoms with Crippen LogP contribution in [0.1, 0.15) is 51.4 Å². The first-order valence-corrected chi connectivity index (χ1v) is 9.90. The molecule has 1 N–H and O–H groups in total. The lowest BCUT2D eigenvalue weighted by atomic mass is 10.1. The lowest BCUT2D eigenvalue weighted by Crippen LogP contribution is -2.18. The van der Waals surface area contributed by atoms with Crippen LogP contribution in [0.15, 0.2) is 54.6 Å². The van der Waals surface area contributed by atoms with Crippen LogP contribution in [0.2, 0.25) is 0 Å². The molecule has 2 aromatic carbocycles. The minimum Gasteiger partial charge on any atom is -0.396 e. The third-order valence-corrected chi connectivity index (χ3v) is 4.73. The summed E-state index contributed by atoms with van der Waals surface area (Å²) in [5.41, 5.74) is 2.21. The molecule has 0 heterocycles. The number of nitro groups is 1. The maximum Gasteiger partial charge on any atom is 0.269 e. The van der Waals surface area contributed by atoms with Crippen molar-refractivity contribution >= 4 is 17.1 Å². The fourth-order valence-corrected chi connectivity index (χ4v) is 3.21. The van der Waals surface area contributed by atoms with Gasteiger partial charge in [0.05, 0.1) is 4.92 Å². The van der Waals surface area contributed by atoms with Gasteiger partial charge in [-0.15, -0.1) is 0 Å². The highest BCUT2D eigenvalue weighted by molar-refractivity contribution is 5.64. The van der Waals surface area contributed by atoms with Crippen LogP contribution < -0.4 is 4.90 Å². The standard InChI is InChI=1S/C22H30N2O3/c25-19-11-6-4-2-1-3-5-10-18-23(20-12-8-7-9-13-20)21-14-16-22(17-15-21)24(26)27/h7-9,12-17,25H,1-6,10-11,18-19H2. The molecule has 5 heteroatoms. The number of nitrogens with zero attached hydrogens (tertiary/aromatic N) is 2. The van der Waals surface area contributed by atoms with Crippen molar-refractivity contribution in [2.24, 2.45) is 0 Å². The molecule has 0 fully saturated rings. The van der Waals surface area contributed by atoms with Crippen molar-refractivity contribution in [3.63, 3.8) is 0 Å². The predicted molar refractivity (Wildman–Crippen MR) is 111 cm³/mol. The summed E-state index contributed by atoms with van der Waals surface area (Å²) < 4.78 is 0. The largest absolute Gasteiger partial charge is 0.396 e. The average Bonchev–Trinajstić information content (AvgIpc) is 2.70. The number of aliphatic hydroxyl groups excluding tert-OH is 1. The van der Waals surface area contributed by atoms with Gasteiger partial charge in [-0.05, 0) is 37.1 Å². The molecule has 0 saturated carbocycles. The van der Waals surface area contributed by atoms with Crippen LogP contribution >= 0.6 is 0 Å². The fraction of sp³-hybridized carbons (Fsp3) is 0.455. The molecule has 27 heavy (non-hydrogen) atoms. The Kier molecular flexibility index (Phi) is 9.35. The van der Waals surface area contributed by atoms with E-state index in [-0.39, 0.29) is 10.6 Å². The van der Waals surface area contributed by atoms with Crippen molar-refractivity contribution in [2.75, 3.05) is 18.1 Å². The molecule has 0 aliphatic heterocycles. The molecule has 0 saturated heterocycles. The van der Waals surface area contributed by atoms with Gasteiger partial charge in [-0.1, -0.05) is 56.7 Å². The minimum atomic E-state index is -0.364. The zero-order valence-corrected chi connectivity index (χ0v) is 15.9. The Bertz CT molecular complexity index is 659. The molecule has 146 valence electrons. The summed E-state index contributed by atoms with van der Waals surface area (Å²) in [7, 11) is 0. The Labute approximate surface area is 161 Å². The summed E-state index contributed by atoms with van der Waals surface area (Å²) >= 11 is 0. The number of benzene rings is 2. The predicted octanol–water partition coefficient (Wildman–Crippen LogP) is 5.85. The van der Waals surface area contributed by atoms with E-state index in [0.717, 1.165) is 37.2 Å². The zero-order valence-electron chi connectivity index (χ0n) is 15.9. The molecule has 0 bridgehead atoms. The number of unbranched alkanes of at least 4 members (excludes halogenated alkanes) is 7. The van der Waals surface area contributed by atoms with E-state index >= 15 is 0 Å². The first-order chi connectivity index (χ1) is 13.2. The van der Waals surface area contributed by atoms with Crippen LogP contribution in [0.4, 0.5) is 17.1 Å². The van der Waals surface area contributed by atoms with Crippen LogP contribution in [0.25, 0.3) is 0 Å². The van der Waals surface area contributed by atoms with E-state index in [0.29, 0.717) is 6.61 Å². The number of rotatable bonds is 13. The Hall–Kier alpha value is -2.40. The summed E-state index contributed by atoms with van der Waals surface area (Å²) in [4.78, 5) is 12.8. The summed E-state index contributed by atoms with van der Waals surface area (Å²) in [5.74, 6) is 0. The number of nitro benzene ring substituents is 1. The number of para-hydroxylation sites is 1. The van der Waals surface area contributed by atoms with Crippen molar-refractivity contribution in [1.29, 1.82) is 0 Å². The molecule has 0 radical (unpaired) electrons. The normalized spacial score (nSPS) is 10.7. The van der Waals surface area contributed by atoms with E-state index in [1.807, 2.05) is 30.3 Å². The number of non-ortho nitro benzene ring substituents is 1. The van der Waals surface area contributed by atoms with E-state index in [2.05, 4.69) is 17.0 Å². The monoisotopic (exact) mass is 370 g/mol. The quantitative estimate of drug-likeness (QED) is 0.273. The highest BCUT2D eigenvalue weighted by Crippen LogP contribution is 2.27. The molecule has 0 amide bonds. The summed E-state index contributed by atoms with van der Waals surface area (Å²) in [5, 5.41) is 19.7. The van der Waals surface area contributed by atoms with Crippen LogP contribution in [-0.2, 0) is 0 Å². The number of aliphatic hydroxyl groups is 1. The van der Waals surface area contributed by atoms with Gasteiger partial charge >= 0.3 is 0 Å². The van der Waals surface area contributed by atoms with Gasteiger partial charge in [0.25, 0.3) is 5.69 Å². The summed E-state index contributed by atoms with van der Waals surface area (Å²) in [6, 6.07) is 17.0. The van der Waals surface area contributed by atoms with Gasteiger partial charge in [-0.25, -0.2) is 0 Å². The topological polar surface area (TPSA) is 66.6 Å². The molecule has 2 aromatic rings. The van der Waals surface area contributed by atoms with E-state index in [1.54, 1.807) is 12.1 Å². The van der Waals surface area contributed by atoms with Crippen molar-refractivity contribution in [1.82, 2.24) is 0 Å². The Balaban J connectivity index is 1.86. The molecule has 0 unspecified atom stereocenters. The van der Waals surface area contributed by atoms with Crippen LogP contribution in [0.3, 0.4) is 0 Å². The smallest absolute Gasteiger partial charge is 0.269 e. The van der Waals surface area contributed by atoms with E-state index < -0.39 is 0 Å². The van der Waals surface area contributed by atoms with Crippen LogP contribution in [0.5, 0.6) is 0 Å². The Morgan fingerprint density at radius 2 is 1.26 bits per heavy atom. The molecule has 0 aliphatic rings. The molecule has 0 atom stereocenters. The second kappa shape index (κ2) is 12.1. The van der Waals surface area contributed by atoms with E-state index in [9.17, 15) is 10.1 Å². The summed E-state index contributed by atoms with van der Waals surface area (Å²) in [6.07, 6.45) is 9.22. The maximum atomic E-state index is 10.9. The second-order valence-electron chi connectivity index (χ2n) is 6.81. The highest BCUT2D eigenvalue weighted by Gasteiger charge is 2.11. The maximum absolute atomic E-state index is 10.9. The molecule has 2 rings (SSSR count). The fourth-order valence-electron chi connectivity index (χ4n) is 3.21. The number of hydrogen-bond acceptors (Lipinski definition) is 4. The van der Waals surface area contributed by atoms with Crippen molar-refractivity contribution < 1.29 is 10.0 Å². The van der Waals surface area contributed by atoms with Gasteiger partial charge in [0.15, 0.2) is 0 Å². The SMILES string of the molecule is O=[N+]([O-])c1ccc(N(CCCCCCCCCCO)c2ccccc2)cc1. The summed E-state index contributed by atoms with van der Waals surface area (Å²) in [6.45, 7) is 1.20. The molecular formula is C22H30N2O3. The van der Waals surface area contributed by atoms with E-state index in [4.69, 9.17) is 5.11 Å². The first-order valence-electron chi connectivity index (χ1n) is 9.90. The Morgan fingerprint density at radius 3 is 1.81 bits per heavy atom. The second-order valence-corrected chi connectivity index (χ2v) is 6.81. The zero-order chi connectivity index (χ0) is 19.3. The number of hydrogen-bond donors (Lipinski definition) is 1. The molecule has 0 spiro atoms. The van der Waals surface area contributed by atoms with Crippen molar-refractivity contribution in [3.8, 4) is 0 Å². The van der Waals surface area contributed by atoms with Crippen molar-refractivity contribution in [3.05, 3.63) is 64.7 Å². The van der Waals surface area contributed by atoms with Crippen LogP contribution in [-0.4, -0.2) is 23.2 Å². The highest BCUT2D eigenvalue weighted by atomic mass is 16.6. The van der Waals surface area contributed by atoms with Gasteiger partial charge in [0.1, 0.15) is 0 Å². The van der Waals surface area contributed by atoms with Gasteiger partial charge in [0.2, 0.25) is 0 Å². The van der Waals surface area contributed by atoms with Gasteiger partial charge in [-0.2, -0.15) is 0 Å². The molecule has 0 aromatic heterocycles. The minimum absolute atomic E-state index is 0.118. The first kappa shape index (κ1) is 20.9. The van der Waals surface area contributed by atoms with Gasteiger partial charge < -0.3 is 10.0 Å². The van der Waals surface area contributed by atoms with Crippen LogP contribution in [0, 0.1) is 10.1 Å². The lowest BCUT2D eigenvalue weighted by Gasteiger charge is -2.25. The number of anilines is 2. The molecular weight excluding hydrogens is 340 g/mol. The van der Waals surface area contributed by atoms with Crippen molar-refractivity contribution in [2.45, 2.75) is 51.4 Å². The average molecular weight is 370 g/mol.